The molecule has 0 saturated carbocycles. The van der Waals surface area contributed by atoms with Gasteiger partial charge in [-0.1, -0.05) is 13.8 Å². The van der Waals surface area contributed by atoms with Gasteiger partial charge < -0.3 is 5.32 Å². The summed E-state index contributed by atoms with van der Waals surface area (Å²) in [7, 11) is -3.18. The molecule has 19 heavy (non-hydrogen) atoms. The molecule has 0 unspecified atom stereocenters. The number of carbonyl (C=O) groups excluding carboxylic acids is 1. The summed E-state index contributed by atoms with van der Waals surface area (Å²) in [6.45, 7) is 6.73. The molecule has 0 radical (unpaired) electrons. The molecule has 0 spiro atoms. The molecule has 1 N–H and O–H groups in total. The Bertz CT molecular complexity index is 395. The highest BCUT2D eigenvalue weighted by Gasteiger charge is 2.31. The van der Waals surface area contributed by atoms with Crippen LogP contribution in [0.5, 0.6) is 0 Å². The average Bonchev–Trinajstić information content (AvgIpc) is 2.38. The topological polar surface area (TPSA) is 66.5 Å². The van der Waals surface area contributed by atoms with E-state index in [9.17, 15) is 13.2 Å². The lowest BCUT2D eigenvalue weighted by Gasteiger charge is -2.31. The Morgan fingerprint density at radius 1 is 1.42 bits per heavy atom. The van der Waals surface area contributed by atoms with Crippen LogP contribution in [0.15, 0.2) is 0 Å². The van der Waals surface area contributed by atoms with Gasteiger partial charge in [0, 0.05) is 19.1 Å². The smallest absolute Gasteiger partial charge is 0.224 e. The van der Waals surface area contributed by atoms with Crippen molar-refractivity contribution in [3.63, 3.8) is 0 Å². The fourth-order valence-electron chi connectivity index (χ4n) is 2.26. The maximum absolute atomic E-state index is 12.1. The molecular formula is C13H26N2O3S. The molecule has 1 saturated heterocycles. The van der Waals surface area contributed by atoms with Crippen LogP contribution in [0.3, 0.4) is 0 Å². The highest BCUT2D eigenvalue weighted by atomic mass is 32.2. The zero-order chi connectivity index (χ0) is 14.5. The van der Waals surface area contributed by atoms with Crippen LogP contribution in [0.25, 0.3) is 0 Å². The van der Waals surface area contributed by atoms with Gasteiger partial charge in [-0.05, 0) is 32.6 Å². The molecule has 2 atom stereocenters. The van der Waals surface area contributed by atoms with E-state index in [2.05, 4.69) is 5.32 Å². The average molecular weight is 290 g/mol. The summed E-state index contributed by atoms with van der Waals surface area (Å²) in [5.41, 5.74) is 0. The van der Waals surface area contributed by atoms with Crippen molar-refractivity contribution in [2.45, 2.75) is 52.5 Å². The van der Waals surface area contributed by atoms with Gasteiger partial charge in [-0.3, -0.25) is 4.79 Å². The summed E-state index contributed by atoms with van der Waals surface area (Å²) < 4.78 is 25.5. The van der Waals surface area contributed by atoms with Gasteiger partial charge in [0.15, 0.2) is 0 Å². The van der Waals surface area contributed by atoms with Crippen LogP contribution in [0.2, 0.25) is 0 Å². The van der Waals surface area contributed by atoms with E-state index in [-0.39, 0.29) is 23.6 Å². The number of nitrogens with zero attached hydrogens (tertiary/aromatic N) is 1. The van der Waals surface area contributed by atoms with Gasteiger partial charge in [0.25, 0.3) is 0 Å². The van der Waals surface area contributed by atoms with Crippen LogP contribution in [0.1, 0.15) is 46.5 Å². The first-order valence-corrected chi connectivity index (χ1v) is 8.79. The predicted octanol–water partition coefficient (Wildman–Crippen LogP) is 1.35. The van der Waals surface area contributed by atoms with Crippen molar-refractivity contribution in [1.29, 1.82) is 0 Å². The van der Waals surface area contributed by atoms with Crippen molar-refractivity contribution < 1.29 is 13.2 Å². The molecule has 1 aliphatic heterocycles. The second-order valence-electron chi connectivity index (χ2n) is 5.33. The Hall–Kier alpha value is -0.620. The molecule has 1 aliphatic rings. The minimum atomic E-state index is -3.18. The van der Waals surface area contributed by atoms with Crippen molar-refractivity contribution in [3.8, 4) is 0 Å². The molecule has 0 aromatic carbocycles. The van der Waals surface area contributed by atoms with Gasteiger partial charge in [-0.15, -0.1) is 0 Å². The first kappa shape index (κ1) is 16.4. The van der Waals surface area contributed by atoms with Crippen LogP contribution in [-0.2, 0) is 14.8 Å². The summed E-state index contributed by atoms with van der Waals surface area (Å²) in [4.78, 5) is 12.1. The molecule has 1 heterocycles. The minimum absolute atomic E-state index is 0.00857. The Morgan fingerprint density at radius 3 is 2.68 bits per heavy atom. The fourth-order valence-corrected chi connectivity index (χ4v) is 3.85. The number of amides is 1. The third-order valence-corrected chi connectivity index (χ3v) is 5.65. The van der Waals surface area contributed by atoms with E-state index in [1.165, 1.54) is 4.31 Å². The molecule has 5 nitrogen and oxygen atoms in total. The maximum Gasteiger partial charge on any atom is 0.224 e. The highest BCUT2D eigenvalue weighted by molar-refractivity contribution is 7.89. The third kappa shape index (κ3) is 4.76. The number of piperidine rings is 1. The summed E-state index contributed by atoms with van der Waals surface area (Å²) >= 11 is 0. The summed E-state index contributed by atoms with van der Waals surface area (Å²) in [5, 5.41) is 2.94. The molecule has 0 aliphatic carbocycles. The van der Waals surface area contributed by atoms with Crippen LogP contribution in [0, 0.1) is 5.92 Å². The van der Waals surface area contributed by atoms with E-state index < -0.39 is 10.0 Å². The number of hydrogen-bond donors (Lipinski definition) is 1. The van der Waals surface area contributed by atoms with Gasteiger partial charge >= 0.3 is 0 Å². The Kier molecular flexibility index (Phi) is 6.26. The first-order valence-electron chi connectivity index (χ1n) is 7.18. The maximum atomic E-state index is 12.1. The normalized spacial score (nSPS) is 23.0. The Labute approximate surface area is 116 Å². The SMILES string of the molecule is CCCS(=O)(=O)N1CCC[C@@H](C(=O)N[C@H](C)CC)C1. The molecule has 0 bridgehead atoms. The van der Waals surface area contributed by atoms with E-state index in [1.807, 2.05) is 20.8 Å². The predicted molar refractivity (Wildman–Crippen MR) is 76.3 cm³/mol. The monoisotopic (exact) mass is 290 g/mol. The van der Waals surface area contributed by atoms with E-state index >= 15 is 0 Å². The van der Waals surface area contributed by atoms with Gasteiger partial charge in [0.05, 0.1) is 11.7 Å². The van der Waals surface area contributed by atoms with Crippen LogP contribution in [-0.4, -0.2) is 43.5 Å². The van der Waals surface area contributed by atoms with Crippen molar-refractivity contribution in [2.24, 2.45) is 5.92 Å². The van der Waals surface area contributed by atoms with Crippen molar-refractivity contribution in [2.75, 3.05) is 18.8 Å². The Morgan fingerprint density at radius 2 is 2.11 bits per heavy atom. The van der Waals surface area contributed by atoms with Crippen LogP contribution in [0.4, 0.5) is 0 Å². The van der Waals surface area contributed by atoms with Crippen molar-refractivity contribution >= 4 is 15.9 Å². The summed E-state index contributed by atoms with van der Waals surface area (Å²) in [6.07, 6.45) is 3.04. The molecule has 1 amide bonds. The summed E-state index contributed by atoms with van der Waals surface area (Å²) in [5.74, 6) is -0.0349. The van der Waals surface area contributed by atoms with Crippen LogP contribution >= 0.6 is 0 Å². The molecule has 0 aromatic rings. The highest BCUT2D eigenvalue weighted by Crippen LogP contribution is 2.20. The lowest BCUT2D eigenvalue weighted by molar-refractivity contribution is -0.126. The number of nitrogens with one attached hydrogen (secondary N) is 1. The quantitative estimate of drug-likeness (QED) is 0.803. The standard InChI is InChI=1S/C13H26N2O3S/c1-4-9-19(17,18)15-8-6-7-12(10-15)13(16)14-11(3)5-2/h11-12H,4-10H2,1-3H3,(H,14,16)/t11-,12-/m1/s1. The number of rotatable bonds is 6. The first-order chi connectivity index (χ1) is 8.90. The van der Waals surface area contributed by atoms with Crippen molar-refractivity contribution in [1.82, 2.24) is 9.62 Å². The zero-order valence-electron chi connectivity index (χ0n) is 12.2. The Balaban J connectivity index is 2.62. The van der Waals surface area contributed by atoms with E-state index in [0.717, 1.165) is 19.3 Å². The number of sulfonamides is 1. The van der Waals surface area contributed by atoms with Crippen molar-refractivity contribution in [3.05, 3.63) is 0 Å². The molecule has 6 heteroatoms. The molecule has 1 rings (SSSR count). The largest absolute Gasteiger partial charge is 0.353 e. The number of carbonyl (C=O) groups is 1. The lowest BCUT2D eigenvalue weighted by Crippen LogP contribution is -2.47. The molecule has 112 valence electrons. The van der Waals surface area contributed by atoms with Gasteiger partial charge in [0.1, 0.15) is 0 Å². The van der Waals surface area contributed by atoms with Gasteiger partial charge in [-0.25, -0.2) is 12.7 Å². The number of hydrogen-bond acceptors (Lipinski definition) is 3. The molecule has 0 aromatic heterocycles. The summed E-state index contributed by atoms with van der Waals surface area (Å²) in [6, 6.07) is 0.148. The lowest BCUT2D eigenvalue weighted by atomic mass is 9.98. The zero-order valence-corrected chi connectivity index (χ0v) is 13.0. The van der Waals surface area contributed by atoms with Crippen LogP contribution < -0.4 is 5.32 Å². The third-order valence-electron chi connectivity index (χ3n) is 3.61. The molecule has 1 fully saturated rings. The van der Waals surface area contributed by atoms with E-state index in [0.29, 0.717) is 19.5 Å². The second-order valence-corrected chi connectivity index (χ2v) is 7.42. The van der Waals surface area contributed by atoms with Gasteiger partial charge in [0.2, 0.25) is 15.9 Å². The van der Waals surface area contributed by atoms with Gasteiger partial charge in [-0.2, -0.15) is 0 Å². The van der Waals surface area contributed by atoms with E-state index in [4.69, 9.17) is 0 Å². The van der Waals surface area contributed by atoms with E-state index in [1.54, 1.807) is 0 Å². The minimum Gasteiger partial charge on any atom is -0.353 e. The fraction of sp³-hybridized carbons (Fsp3) is 0.923. The molecular weight excluding hydrogens is 264 g/mol. The second kappa shape index (κ2) is 7.24.